The molecule has 0 aliphatic carbocycles. The van der Waals surface area contributed by atoms with Gasteiger partial charge in [0.25, 0.3) is 0 Å². The predicted octanol–water partition coefficient (Wildman–Crippen LogP) is 10.8. The molecule has 1 amide bonds. The smallest absolute Gasteiger partial charge is 0.407 e. The number of ether oxygens (including phenoxy) is 1. The number of carbonyl (C=O) groups is 1. The summed E-state index contributed by atoms with van der Waals surface area (Å²) in [5.74, 6) is 0.412. The Morgan fingerprint density at radius 1 is 0.625 bits per heavy atom. The van der Waals surface area contributed by atoms with Gasteiger partial charge in [-0.2, -0.15) is 0 Å². The minimum Gasteiger partial charge on any atom is -0.446 e. The van der Waals surface area contributed by atoms with Crippen LogP contribution in [0.4, 0.5) is 4.79 Å². The van der Waals surface area contributed by atoms with Crippen molar-refractivity contribution in [1.29, 1.82) is 0 Å². The van der Waals surface area contributed by atoms with Crippen LogP contribution in [0, 0.1) is 5.92 Å². The van der Waals surface area contributed by atoms with Gasteiger partial charge in [0.1, 0.15) is 6.10 Å². The van der Waals surface area contributed by atoms with Gasteiger partial charge in [-0.25, -0.2) is 4.79 Å². The summed E-state index contributed by atoms with van der Waals surface area (Å²) in [6.07, 6.45) is 37.7. The van der Waals surface area contributed by atoms with Crippen LogP contribution >= 0.6 is 0 Å². The molecule has 0 heterocycles. The van der Waals surface area contributed by atoms with Crippen molar-refractivity contribution in [2.24, 2.45) is 5.92 Å². The van der Waals surface area contributed by atoms with Crippen molar-refractivity contribution in [3.8, 4) is 0 Å². The Kier molecular flexibility index (Phi) is 29.2. The van der Waals surface area contributed by atoms with Gasteiger partial charge in [0.2, 0.25) is 0 Å². The van der Waals surface area contributed by atoms with Crippen molar-refractivity contribution in [3.63, 3.8) is 0 Å². The molecule has 234 valence electrons. The minimum atomic E-state index is -0.254. The molecular weight excluding hydrogens is 492 g/mol. The van der Waals surface area contributed by atoms with E-state index in [1.165, 1.54) is 70.6 Å². The molecule has 4 nitrogen and oxygen atoms in total. The molecule has 0 fully saturated rings. The van der Waals surface area contributed by atoms with Crippen LogP contribution in [-0.2, 0) is 4.74 Å². The lowest BCUT2D eigenvalue weighted by atomic mass is 9.88. The third-order valence-corrected chi connectivity index (χ3v) is 7.54. The minimum absolute atomic E-state index is 0.0262. The van der Waals surface area contributed by atoms with Crippen LogP contribution < -0.4 is 5.32 Å². The van der Waals surface area contributed by atoms with Gasteiger partial charge in [0.15, 0.2) is 0 Å². The third kappa shape index (κ3) is 26.7. The van der Waals surface area contributed by atoms with Gasteiger partial charge in [0.05, 0.1) is 0 Å². The Labute approximate surface area is 250 Å². The Balaban J connectivity index is 5.12. The molecule has 0 aromatic heterocycles. The van der Waals surface area contributed by atoms with Crippen LogP contribution in [0.5, 0.6) is 0 Å². The molecule has 0 saturated heterocycles. The van der Waals surface area contributed by atoms with Crippen molar-refractivity contribution in [2.45, 2.75) is 155 Å². The summed E-state index contributed by atoms with van der Waals surface area (Å²) < 4.78 is 6.15. The summed E-state index contributed by atoms with van der Waals surface area (Å²) in [6, 6.07) is 0. The average molecular weight is 561 g/mol. The van der Waals surface area contributed by atoms with Crippen LogP contribution in [-0.4, -0.2) is 44.3 Å². The van der Waals surface area contributed by atoms with E-state index in [2.05, 4.69) is 67.4 Å². The fourth-order valence-corrected chi connectivity index (χ4v) is 4.97. The van der Waals surface area contributed by atoms with Gasteiger partial charge in [-0.1, -0.05) is 95.8 Å². The standard InChI is InChI=1S/C36H68N2O2/c1-6-9-12-15-18-21-23-26-29-34(30-27-24-22-19-16-13-10-7-2)35(31-28-25-20-17-14-11-8-3)40-36(39)37-32-33-38(4)5/h18-22,25,34-35H,6-17,23-24,26-33H2,1-5H3,(H,37,39)/b21-18-,22-19-,25-20-. The highest BCUT2D eigenvalue weighted by atomic mass is 16.6. The lowest BCUT2D eigenvalue weighted by molar-refractivity contribution is 0.0490. The first-order valence-electron chi connectivity index (χ1n) is 17.1. The number of unbranched alkanes of at least 4 members (excludes halogenated alkanes) is 11. The fraction of sp³-hybridized carbons (Fsp3) is 0.806. The first kappa shape index (κ1) is 38.5. The van der Waals surface area contributed by atoms with Crippen LogP contribution in [0.2, 0.25) is 0 Å². The number of nitrogens with zero attached hydrogens (tertiary/aromatic N) is 1. The number of rotatable bonds is 28. The zero-order valence-electron chi connectivity index (χ0n) is 27.4. The second-order valence-corrected chi connectivity index (χ2v) is 11.8. The maximum atomic E-state index is 12.8. The summed E-state index contributed by atoms with van der Waals surface area (Å²) in [6.45, 7) is 8.20. The maximum Gasteiger partial charge on any atom is 0.407 e. The molecule has 0 aliphatic heterocycles. The van der Waals surface area contributed by atoms with Crippen LogP contribution in [0.3, 0.4) is 0 Å². The molecule has 0 rings (SSSR count). The number of allylic oxidation sites excluding steroid dienone is 6. The lowest BCUT2D eigenvalue weighted by Gasteiger charge is -2.27. The second-order valence-electron chi connectivity index (χ2n) is 11.8. The summed E-state index contributed by atoms with van der Waals surface area (Å²) in [5.41, 5.74) is 0. The van der Waals surface area contributed by atoms with Gasteiger partial charge in [-0.15, -0.1) is 0 Å². The van der Waals surface area contributed by atoms with E-state index >= 15 is 0 Å². The molecule has 0 aromatic carbocycles. The van der Waals surface area contributed by atoms with E-state index in [9.17, 15) is 4.79 Å². The molecule has 0 bridgehead atoms. The zero-order valence-corrected chi connectivity index (χ0v) is 27.4. The van der Waals surface area contributed by atoms with Crippen molar-refractivity contribution in [2.75, 3.05) is 27.2 Å². The predicted molar refractivity (Wildman–Crippen MR) is 177 cm³/mol. The average Bonchev–Trinajstić information content (AvgIpc) is 2.93. The van der Waals surface area contributed by atoms with Crippen molar-refractivity contribution in [1.82, 2.24) is 10.2 Å². The van der Waals surface area contributed by atoms with Crippen molar-refractivity contribution < 1.29 is 9.53 Å². The van der Waals surface area contributed by atoms with E-state index < -0.39 is 0 Å². The largest absolute Gasteiger partial charge is 0.446 e. The number of alkyl carbamates (subject to hydrolysis) is 1. The molecule has 0 aromatic rings. The lowest BCUT2D eigenvalue weighted by Crippen LogP contribution is -2.36. The van der Waals surface area contributed by atoms with Gasteiger partial charge in [-0.05, 0) is 110 Å². The normalized spacial score (nSPS) is 13.0. The fourth-order valence-electron chi connectivity index (χ4n) is 4.97. The Morgan fingerprint density at radius 2 is 1.05 bits per heavy atom. The summed E-state index contributed by atoms with van der Waals surface area (Å²) in [5, 5.41) is 2.98. The van der Waals surface area contributed by atoms with Gasteiger partial charge in [0, 0.05) is 13.1 Å². The molecule has 1 unspecified atom stereocenters. The van der Waals surface area contributed by atoms with Crippen LogP contribution in [0.25, 0.3) is 0 Å². The molecule has 0 radical (unpaired) electrons. The molecule has 40 heavy (non-hydrogen) atoms. The Hall–Kier alpha value is -1.55. The summed E-state index contributed by atoms with van der Waals surface area (Å²) >= 11 is 0. The second kappa shape index (κ2) is 30.4. The van der Waals surface area contributed by atoms with E-state index in [1.54, 1.807) is 0 Å². The van der Waals surface area contributed by atoms with Gasteiger partial charge in [-0.3, -0.25) is 0 Å². The number of hydrogen-bond acceptors (Lipinski definition) is 3. The summed E-state index contributed by atoms with van der Waals surface area (Å²) in [4.78, 5) is 14.8. The number of nitrogens with one attached hydrogen (secondary N) is 1. The molecule has 1 N–H and O–H groups in total. The summed E-state index contributed by atoms with van der Waals surface area (Å²) in [7, 11) is 4.05. The third-order valence-electron chi connectivity index (χ3n) is 7.54. The molecule has 0 spiro atoms. The van der Waals surface area contributed by atoms with E-state index in [1.807, 2.05) is 14.1 Å². The topological polar surface area (TPSA) is 41.6 Å². The molecule has 0 aliphatic rings. The van der Waals surface area contributed by atoms with Crippen molar-refractivity contribution >= 4 is 6.09 Å². The number of likely N-dealkylation sites (N-methyl/N-ethyl adjacent to an activating group) is 1. The first-order valence-corrected chi connectivity index (χ1v) is 17.1. The highest BCUT2D eigenvalue weighted by Gasteiger charge is 2.24. The van der Waals surface area contributed by atoms with E-state index in [0.29, 0.717) is 12.5 Å². The molecule has 0 saturated carbocycles. The van der Waals surface area contributed by atoms with E-state index in [4.69, 9.17) is 4.74 Å². The maximum absolute atomic E-state index is 12.8. The highest BCUT2D eigenvalue weighted by molar-refractivity contribution is 5.67. The Bertz CT molecular complexity index is 600. The van der Waals surface area contributed by atoms with Gasteiger partial charge >= 0.3 is 6.09 Å². The Morgan fingerprint density at radius 3 is 1.48 bits per heavy atom. The van der Waals surface area contributed by atoms with Crippen molar-refractivity contribution in [3.05, 3.63) is 36.5 Å². The van der Waals surface area contributed by atoms with Gasteiger partial charge < -0.3 is 15.0 Å². The zero-order chi connectivity index (χ0) is 29.5. The number of amides is 1. The highest BCUT2D eigenvalue weighted by Crippen LogP contribution is 2.26. The number of hydrogen-bond donors (Lipinski definition) is 1. The molecule has 1 atom stereocenters. The quantitative estimate of drug-likeness (QED) is 0.0764. The van der Waals surface area contributed by atoms with Crippen LogP contribution in [0.1, 0.15) is 149 Å². The monoisotopic (exact) mass is 561 g/mol. The molecular formula is C36H68N2O2. The van der Waals surface area contributed by atoms with E-state index in [-0.39, 0.29) is 12.2 Å². The van der Waals surface area contributed by atoms with Crippen LogP contribution in [0.15, 0.2) is 36.5 Å². The number of carbonyl (C=O) groups excluding carboxylic acids is 1. The van der Waals surface area contributed by atoms with E-state index in [0.717, 1.165) is 64.3 Å². The SMILES string of the molecule is CCCCC/C=C\CCCC(CCC/C=C\CCCCC)C(CC/C=C\CCCCC)OC(=O)NCCN(C)C. The molecule has 4 heteroatoms. The first-order chi connectivity index (χ1) is 19.5.